The van der Waals surface area contributed by atoms with Gasteiger partial charge in [0.15, 0.2) is 6.10 Å². The first-order valence-electron chi connectivity index (χ1n) is 3.94. The topological polar surface area (TPSA) is 86.6 Å². The van der Waals surface area contributed by atoms with E-state index in [1.54, 1.807) is 11.4 Å². The molecule has 1 atom stereocenters. The lowest BCUT2D eigenvalue weighted by Gasteiger charge is -2.06. The van der Waals surface area contributed by atoms with Crippen molar-refractivity contribution in [2.24, 2.45) is 0 Å². The number of carbonyl (C=O) groups is 2. The van der Waals surface area contributed by atoms with E-state index in [1.165, 1.54) is 0 Å². The van der Waals surface area contributed by atoms with Crippen LogP contribution in [0.5, 0.6) is 0 Å². The molecule has 82 valence electrons. The highest BCUT2D eigenvalue weighted by Gasteiger charge is 2.16. The lowest BCUT2D eigenvalue weighted by atomic mass is 10.3. The van der Waals surface area contributed by atoms with Gasteiger partial charge in [-0.25, -0.2) is 4.79 Å². The Morgan fingerprint density at radius 3 is 2.73 bits per heavy atom. The van der Waals surface area contributed by atoms with Gasteiger partial charge in [0.2, 0.25) is 0 Å². The molecule has 0 aliphatic heterocycles. The number of aliphatic hydroxyl groups is 1. The van der Waals surface area contributed by atoms with Crippen molar-refractivity contribution in [2.75, 3.05) is 6.54 Å². The number of carboxylic acids is 1. The SMILES string of the molecule is O=C(NCC(O)C(=O)O)c1sccc1Cl. The van der Waals surface area contributed by atoms with Crippen LogP contribution in [0.2, 0.25) is 5.02 Å². The predicted molar refractivity (Wildman–Crippen MR) is 55.3 cm³/mol. The second-order valence-electron chi connectivity index (χ2n) is 2.66. The van der Waals surface area contributed by atoms with Crippen LogP contribution in [0.1, 0.15) is 9.67 Å². The fraction of sp³-hybridized carbons (Fsp3) is 0.250. The third-order valence-electron chi connectivity index (χ3n) is 1.56. The first-order valence-corrected chi connectivity index (χ1v) is 5.20. The zero-order valence-electron chi connectivity index (χ0n) is 7.44. The minimum absolute atomic E-state index is 0.300. The maximum Gasteiger partial charge on any atom is 0.334 e. The van der Waals surface area contributed by atoms with E-state index in [2.05, 4.69) is 5.32 Å². The van der Waals surface area contributed by atoms with Crippen LogP contribution >= 0.6 is 22.9 Å². The summed E-state index contributed by atoms with van der Waals surface area (Å²) in [6.07, 6.45) is -1.60. The average molecular weight is 250 g/mol. The van der Waals surface area contributed by atoms with Gasteiger partial charge in [0, 0.05) is 0 Å². The summed E-state index contributed by atoms with van der Waals surface area (Å²) < 4.78 is 0. The monoisotopic (exact) mass is 249 g/mol. The number of carbonyl (C=O) groups excluding carboxylic acids is 1. The van der Waals surface area contributed by atoms with Gasteiger partial charge in [0.25, 0.3) is 5.91 Å². The number of hydrogen-bond donors (Lipinski definition) is 3. The molecule has 7 heteroatoms. The average Bonchev–Trinajstić information content (AvgIpc) is 2.60. The standard InChI is InChI=1S/C8H8ClNO4S/c9-4-1-2-15-6(4)7(12)10-3-5(11)8(13)14/h1-2,5,11H,3H2,(H,10,12)(H,13,14). The van der Waals surface area contributed by atoms with Crippen molar-refractivity contribution in [2.45, 2.75) is 6.10 Å². The quantitative estimate of drug-likeness (QED) is 0.728. The zero-order chi connectivity index (χ0) is 11.4. The second kappa shape index (κ2) is 5.11. The third-order valence-corrected chi connectivity index (χ3v) is 2.90. The Labute approximate surface area is 94.3 Å². The summed E-state index contributed by atoms with van der Waals surface area (Å²) in [6.45, 7) is -0.345. The lowest BCUT2D eigenvalue weighted by molar-refractivity contribution is -0.146. The van der Waals surface area contributed by atoms with Gasteiger partial charge >= 0.3 is 5.97 Å². The van der Waals surface area contributed by atoms with E-state index >= 15 is 0 Å². The zero-order valence-corrected chi connectivity index (χ0v) is 9.01. The molecule has 0 aliphatic rings. The Balaban J connectivity index is 2.51. The molecule has 3 N–H and O–H groups in total. The minimum atomic E-state index is -1.60. The molecular formula is C8H8ClNO4S. The van der Waals surface area contributed by atoms with Gasteiger partial charge in [-0.1, -0.05) is 11.6 Å². The number of nitrogens with one attached hydrogen (secondary N) is 1. The Kier molecular flexibility index (Phi) is 4.07. The van der Waals surface area contributed by atoms with Crippen LogP contribution < -0.4 is 5.32 Å². The molecule has 0 bridgehead atoms. The molecule has 0 aromatic carbocycles. The van der Waals surface area contributed by atoms with Crippen molar-refractivity contribution < 1.29 is 19.8 Å². The molecule has 0 saturated heterocycles. The molecular weight excluding hydrogens is 242 g/mol. The van der Waals surface area contributed by atoms with Crippen LogP contribution in [0.3, 0.4) is 0 Å². The summed E-state index contributed by atoms with van der Waals surface area (Å²) in [5.41, 5.74) is 0. The molecule has 1 amide bonds. The van der Waals surface area contributed by atoms with Crippen LogP contribution in [0.4, 0.5) is 0 Å². The molecule has 0 fully saturated rings. The number of rotatable bonds is 4. The van der Waals surface area contributed by atoms with Gasteiger partial charge in [-0.2, -0.15) is 0 Å². The summed E-state index contributed by atoms with van der Waals surface area (Å²) >= 11 is 6.83. The summed E-state index contributed by atoms with van der Waals surface area (Å²) in [4.78, 5) is 21.9. The van der Waals surface area contributed by atoms with E-state index in [0.29, 0.717) is 9.90 Å². The summed E-state index contributed by atoms with van der Waals surface area (Å²) in [5.74, 6) is -1.87. The fourth-order valence-corrected chi connectivity index (χ4v) is 1.87. The maximum absolute atomic E-state index is 11.4. The van der Waals surface area contributed by atoms with Gasteiger partial charge in [-0.05, 0) is 11.4 Å². The van der Waals surface area contributed by atoms with Gasteiger partial charge in [0.1, 0.15) is 4.88 Å². The highest BCUT2D eigenvalue weighted by Crippen LogP contribution is 2.21. The van der Waals surface area contributed by atoms with Crippen molar-refractivity contribution in [1.82, 2.24) is 5.32 Å². The van der Waals surface area contributed by atoms with Gasteiger partial charge in [-0.3, -0.25) is 4.79 Å². The Morgan fingerprint density at radius 2 is 2.27 bits per heavy atom. The Bertz CT molecular complexity index is 378. The Morgan fingerprint density at radius 1 is 1.60 bits per heavy atom. The van der Waals surface area contributed by atoms with E-state index in [-0.39, 0.29) is 6.54 Å². The molecule has 5 nitrogen and oxygen atoms in total. The van der Waals surface area contributed by atoms with Crippen molar-refractivity contribution in [3.63, 3.8) is 0 Å². The van der Waals surface area contributed by atoms with Crippen molar-refractivity contribution in [3.05, 3.63) is 21.3 Å². The molecule has 0 spiro atoms. The molecule has 15 heavy (non-hydrogen) atoms. The first kappa shape index (κ1) is 12.0. The van der Waals surface area contributed by atoms with E-state index in [9.17, 15) is 9.59 Å². The van der Waals surface area contributed by atoms with Gasteiger partial charge < -0.3 is 15.5 Å². The highest BCUT2D eigenvalue weighted by atomic mass is 35.5. The van der Waals surface area contributed by atoms with E-state index in [4.69, 9.17) is 21.8 Å². The Hall–Kier alpha value is -1.11. The van der Waals surface area contributed by atoms with Crippen molar-refractivity contribution in [1.29, 1.82) is 0 Å². The normalized spacial score (nSPS) is 12.1. The van der Waals surface area contributed by atoms with Crippen LogP contribution in [0.15, 0.2) is 11.4 Å². The molecule has 1 heterocycles. The molecule has 0 aliphatic carbocycles. The van der Waals surface area contributed by atoms with Crippen LogP contribution in [0, 0.1) is 0 Å². The number of amides is 1. The van der Waals surface area contributed by atoms with Gasteiger partial charge in [-0.15, -0.1) is 11.3 Å². The van der Waals surface area contributed by atoms with E-state index in [0.717, 1.165) is 11.3 Å². The van der Waals surface area contributed by atoms with Crippen LogP contribution in [-0.4, -0.2) is 34.7 Å². The largest absolute Gasteiger partial charge is 0.479 e. The maximum atomic E-state index is 11.4. The van der Waals surface area contributed by atoms with Crippen LogP contribution in [0.25, 0.3) is 0 Å². The van der Waals surface area contributed by atoms with Crippen molar-refractivity contribution >= 4 is 34.8 Å². The summed E-state index contributed by atoms with van der Waals surface area (Å²) in [6, 6.07) is 1.56. The highest BCUT2D eigenvalue weighted by molar-refractivity contribution is 7.12. The molecule has 1 aromatic rings. The van der Waals surface area contributed by atoms with Gasteiger partial charge in [0.05, 0.1) is 11.6 Å². The molecule has 0 radical (unpaired) electrons. The summed E-state index contributed by atoms with van der Waals surface area (Å²) in [5, 5.41) is 21.5. The summed E-state index contributed by atoms with van der Waals surface area (Å²) in [7, 11) is 0. The number of aliphatic carboxylic acids is 1. The second-order valence-corrected chi connectivity index (χ2v) is 3.99. The lowest BCUT2D eigenvalue weighted by Crippen LogP contribution is -2.36. The number of thiophene rings is 1. The number of carboxylic acid groups (broad SMARTS) is 1. The number of halogens is 1. The van der Waals surface area contributed by atoms with E-state index < -0.39 is 18.0 Å². The molecule has 1 aromatic heterocycles. The minimum Gasteiger partial charge on any atom is -0.479 e. The molecule has 0 saturated carbocycles. The predicted octanol–water partition coefficient (Wildman–Crippen LogP) is 0.577. The number of hydrogen-bond acceptors (Lipinski definition) is 4. The van der Waals surface area contributed by atoms with Crippen LogP contribution in [-0.2, 0) is 4.79 Å². The number of aliphatic hydroxyl groups excluding tert-OH is 1. The third kappa shape index (κ3) is 3.19. The molecule has 1 unspecified atom stereocenters. The first-order chi connectivity index (χ1) is 7.02. The fourth-order valence-electron chi connectivity index (χ4n) is 0.813. The molecule has 1 rings (SSSR count). The van der Waals surface area contributed by atoms with E-state index in [1.807, 2.05) is 0 Å². The smallest absolute Gasteiger partial charge is 0.334 e. The van der Waals surface area contributed by atoms with Crippen molar-refractivity contribution in [3.8, 4) is 0 Å².